The first-order valence-electron chi connectivity index (χ1n) is 10.1. The summed E-state index contributed by atoms with van der Waals surface area (Å²) in [5.74, 6) is 0.692. The van der Waals surface area contributed by atoms with Crippen LogP contribution in [0.5, 0.6) is 0 Å². The Balaban J connectivity index is 1.86. The number of aryl methyl sites for hydroxylation is 1. The largest absolute Gasteiger partial charge is 0.341 e. The summed E-state index contributed by atoms with van der Waals surface area (Å²) in [6, 6.07) is 27.2. The average molecular weight is 404 g/mol. The van der Waals surface area contributed by atoms with E-state index < -0.39 is 0 Å². The Kier molecular flexibility index (Phi) is 4.77. The first-order valence-corrected chi connectivity index (χ1v) is 10.1. The highest BCUT2D eigenvalue weighted by Crippen LogP contribution is 2.30. The van der Waals surface area contributed by atoms with E-state index in [2.05, 4.69) is 14.9 Å². The van der Waals surface area contributed by atoms with Crippen LogP contribution in [0.3, 0.4) is 0 Å². The van der Waals surface area contributed by atoms with Gasteiger partial charge in [0.05, 0.1) is 16.6 Å². The van der Waals surface area contributed by atoms with Gasteiger partial charge in [0.2, 0.25) is 0 Å². The van der Waals surface area contributed by atoms with Crippen molar-refractivity contribution in [3.8, 4) is 16.9 Å². The van der Waals surface area contributed by atoms with E-state index in [0.29, 0.717) is 16.9 Å². The molecule has 0 spiro atoms. The molecule has 0 bridgehead atoms. The lowest BCUT2D eigenvalue weighted by molar-refractivity contribution is 1.09. The van der Waals surface area contributed by atoms with Gasteiger partial charge >= 0.3 is 0 Å². The fraction of sp³-hybridized carbons (Fsp3) is 0.0385. The van der Waals surface area contributed by atoms with Crippen LogP contribution < -0.4 is 10.7 Å². The van der Waals surface area contributed by atoms with Crippen LogP contribution in [0.15, 0.2) is 102 Å². The Morgan fingerprint density at radius 3 is 2.32 bits per heavy atom. The van der Waals surface area contributed by atoms with Gasteiger partial charge in [-0.25, -0.2) is 0 Å². The van der Waals surface area contributed by atoms with Crippen LogP contribution in [-0.4, -0.2) is 14.5 Å². The highest BCUT2D eigenvalue weighted by atomic mass is 16.1. The number of hydrogen-bond donors (Lipinski definition) is 1. The standard InChI is InChI=1S/C26H20N4O/c1-18-15-22-25(26(28-18)19-9-8-14-27-17-19)23(31)16-24(29-20-10-4-2-5-11-20)30(22)21-12-6-3-7-13-21/h2-17,29H,1H3. The monoisotopic (exact) mass is 404 g/mol. The number of hydrogen-bond acceptors (Lipinski definition) is 4. The molecule has 3 heterocycles. The molecule has 31 heavy (non-hydrogen) atoms. The summed E-state index contributed by atoms with van der Waals surface area (Å²) in [5, 5.41) is 3.98. The molecule has 3 aromatic heterocycles. The van der Waals surface area contributed by atoms with Crippen molar-refractivity contribution < 1.29 is 0 Å². The number of nitrogens with one attached hydrogen (secondary N) is 1. The zero-order valence-corrected chi connectivity index (χ0v) is 17.0. The number of rotatable bonds is 4. The summed E-state index contributed by atoms with van der Waals surface area (Å²) in [5.41, 5.74) is 4.85. The first-order chi connectivity index (χ1) is 15.2. The number of anilines is 2. The molecule has 0 atom stereocenters. The smallest absolute Gasteiger partial charge is 0.193 e. The van der Waals surface area contributed by atoms with Gasteiger partial charge in [0, 0.05) is 41.1 Å². The van der Waals surface area contributed by atoms with Crippen molar-refractivity contribution in [3.63, 3.8) is 0 Å². The second-order valence-electron chi connectivity index (χ2n) is 7.30. The Morgan fingerprint density at radius 1 is 0.871 bits per heavy atom. The van der Waals surface area contributed by atoms with Gasteiger partial charge in [-0.05, 0) is 49.4 Å². The molecule has 150 valence electrons. The van der Waals surface area contributed by atoms with Crippen LogP contribution in [0.1, 0.15) is 5.69 Å². The fourth-order valence-corrected chi connectivity index (χ4v) is 3.79. The average Bonchev–Trinajstić information content (AvgIpc) is 2.80. The van der Waals surface area contributed by atoms with Crippen molar-refractivity contribution in [2.45, 2.75) is 6.92 Å². The second-order valence-corrected chi connectivity index (χ2v) is 7.30. The first kappa shape index (κ1) is 18.8. The molecule has 0 aliphatic carbocycles. The lowest BCUT2D eigenvalue weighted by atomic mass is 10.1. The van der Waals surface area contributed by atoms with Crippen LogP contribution in [0, 0.1) is 6.92 Å². The molecular formula is C26H20N4O. The quantitative estimate of drug-likeness (QED) is 0.430. The predicted octanol–water partition coefficient (Wildman–Crippen LogP) is 5.50. The maximum Gasteiger partial charge on any atom is 0.193 e. The van der Waals surface area contributed by atoms with E-state index in [0.717, 1.165) is 28.1 Å². The van der Waals surface area contributed by atoms with Gasteiger partial charge in [-0.2, -0.15) is 0 Å². The third-order valence-electron chi connectivity index (χ3n) is 5.12. The number of aromatic nitrogens is 3. The molecule has 0 aliphatic rings. The van der Waals surface area contributed by atoms with Crippen LogP contribution >= 0.6 is 0 Å². The zero-order valence-electron chi connectivity index (χ0n) is 17.0. The molecule has 5 heteroatoms. The molecule has 2 aromatic carbocycles. The molecule has 0 aliphatic heterocycles. The van der Waals surface area contributed by atoms with E-state index in [-0.39, 0.29) is 5.43 Å². The summed E-state index contributed by atoms with van der Waals surface area (Å²) >= 11 is 0. The van der Waals surface area contributed by atoms with Gasteiger partial charge in [0.15, 0.2) is 5.43 Å². The maximum atomic E-state index is 13.4. The third-order valence-corrected chi connectivity index (χ3v) is 5.12. The second kappa shape index (κ2) is 7.88. The maximum absolute atomic E-state index is 13.4. The molecule has 0 radical (unpaired) electrons. The third kappa shape index (κ3) is 3.57. The van der Waals surface area contributed by atoms with Gasteiger partial charge in [-0.1, -0.05) is 36.4 Å². The number of pyridine rings is 3. The number of nitrogens with zero attached hydrogens (tertiary/aromatic N) is 3. The lowest BCUT2D eigenvalue weighted by Gasteiger charge is -2.20. The minimum atomic E-state index is -0.0908. The molecule has 0 unspecified atom stereocenters. The molecule has 5 aromatic rings. The molecule has 1 N–H and O–H groups in total. The Labute approximate surface area is 179 Å². The normalized spacial score (nSPS) is 10.9. The van der Waals surface area contributed by atoms with E-state index >= 15 is 0 Å². The SMILES string of the molecule is Cc1cc2c(c(-c3cccnc3)n1)c(=O)cc(Nc1ccccc1)n2-c1ccccc1. The molecule has 0 fully saturated rings. The van der Waals surface area contributed by atoms with Gasteiger partial charge in [0.1, 0.15) is 5.82 Å². The van der Waals surface area contributed by atoms with E-state index in [1.807, 2.05) is 85.8 Å². The van der Waals surface area contributed by atoms with E-state index in [9.17, 15) is 4.79 Å². The van der Waals surface area contributed by atoms with Crippen LogP contribution in [0.4, 0.5) is 11.5 Å². The van der Waals surface area contributed by atoms with Gasteiger partial charge < -0.3 is 5.32 Å². The lowest BCUT2D eigenvalue weighted by Crippen LogP contribution is -2.14. The van der Waals surface area contributed by atoms with E-state index in [1.165, 1.54) is 0 Å². The van der Waals surface area contributed by atoms with Gasteiger partial charge in [0.25, 0.3) is 0 Å². The van der Waals surface area contributed by atoms with Crippen molar-refractivity contribution in [3.05, 3.63) is 113 Å². The molecule has 0 saturated carbocycles. The summed E-state index contributed by atoms with van der Waals surface area (Å²) in [6.07, 6.45) is 3.45. The summed E-state index contributed by atoms with van der Waals surface area (Å²) < 4.78 is 2.07. The number of fused-ring (bicyclic) bond motifs is 1. The minimum absolute atomic E-state index is 0.0908. The van der Waals surface area contributed by atoms with E-state index in [4.69, 9.17) is 4.98 Å². The van der Waals surface area contributed by atoms with Crippen molar-refractivity contribution in [2.24, 2.45) is 0 Å². The van der Waals surface area contributed by atoms with Gasteiger partial charge in [-0.3, -0.25) is 19.3 Å². The van der Waals surface area contributed by atoms with Gasteiger partial charge in [-0.15, -0.1) is 0 Å². The zero-order chi connectivity index (χ0) is 21.2. The molecule has 0 amide bonds. The molecular weight excluding hydrogens is 384 g/mol. The number of benzene rings is 2. The fourth-order valence-electron chi connectivity index (χ4n) is 3.79. The Morgan fingerprint density at radius 2 is 1.61 bits per heavy atom. The van der Waals surface area contributed by atoms with Crippen molar-refractivity contribution >= 4 is 22.4 Å². The topological polar surface area (TPSA) is 59.8 Å². The van der Waals surface area contributed by atoms with Crippen LogP contribution in [-0.2, 0) is 0 Å². The molecule has 5 rings (SSSR count). The highest BCUT2D eigenvalue weighted by Gasteiger charge is 2.17. The Hall–Kier alpha value is -4.25. The Bertz CT molecular complexity index is 1410. The molecule has 5 nitrogen and oxygen atoms in total. The summed E-state index contributed by atoms with van der Waals surface area (Å²) in [6.45, 7) is 1.94. The highest BCUT2D eigenvalue weighted by molar-refractivity contribution is 5.95. The molecule has 0 saturated heterocycles. The minimum Gasteiger partial charge on any atom is -0.341 e. The summed E-state index contributed by atoms with van der Waals surface area (Å²) in [7, 11) is 0. The van der Waals surface area contributed by atoms with E-state index in [1.54, 1.807) is 18.5 Å². The number of para-hydroxylation sites is 2. The summed E-state index contributed by atoms with van der Waals surface area (Å²) in [4.78, 5) is 22.3. The predicted molar refractivity (Wildman–Crippen MR) is 125 cm³/mol. The van der Waals surface area contributed by atoms with Crippen molar-refractivity contribution in [1.82, 2.24) is 14.5 Å². The van der Waals surface area contributed by atoms with Crippen LogP contribution in [0.25, 0.3) is 27.8 Å². The van der Waals surface area contributed by atoms with Crippen LogP contribution in [0.2, 0.25) is 0 Å². The van der Waals surface area contributed by atoms with Crippen molar-refractivity contribution in [2.75, 3.05) is 5.32 Å². The van der Waals surface area contributed by atoms with Crippen molar-refractivity contribution in [1.29, 1.82) is 0 Å².